The van der Waals surface area contributed by atoms with Crippen LogP contribution in [0.15, 0.2) is 18.2 Å². The second-order valence-electron chi connectivity index (χ2n) is 2.47. The molecule has 1 aliphatic rings. The van der Waals surface area contributed by atoms with Gasteiger partial charge in [-0.2, -0.15) is 0 Å². The molecule has 0 unspecified atom stereocenters. The third-order valence-electron chi connectivity index (χ3n) is 1.68. The molecule has 0 aliphatic carbocycles. The van der Waals surface area contributed by atoms with E-state index in [2.05, 4.69) is 5.32 Å². The monoisotopic (exact) mass is 195 g/mol. The fourth-order valence-corrected chi connectivity index (χ4v) is 1.11. The van der Waals surface area contributed by atoms with Gasteiger partial charge in [-0.1, -0.05) is 13.8 Å². The number of carbonyl (C=O) groups excluding carboxylic acids is 2. The molecule has 2 rings (SSSR count). The van der Waals surface area contributed by atoms with Crippen LogP contribution in [0.1, 0.15) is 24.2 Å². The number of carbonyl (C=O) groups is 2. The van der Waals surface area contributed by atoms with E-state index in [1.807, 2.05) is 13.8 Å². The zero-order valence-electron chi connectivity index (χ0n) is 7.93. The lowest BCUT2D eigenvalue weighted by molar-refractivity contribution is -0.112. The normalized spacial score (nSPS) is 12.8. The highest BCUT2D eigenvalue weighted by Crippen LogP contribution is 2.22. The van der Waals surface area contributed by atoms with Gasteiger partial charge in [-0.05, 0) is 18.2 Å². The third kappa shape index (κ3) is 1.64. The van der Waals surface area contributed by atoms with E-state index in [1.165, 1.54) is 12.1 Å². The Morgan fingerprint density at radius 1 is 1.21 bits per heavy atom. The molecule has 1 aliphatic heterocycles. The Bertz CT molecular complexity index is 388. The standard InChI is InChI=1S/C8H4FNO2.C2H6/c9-4-1-2-6-5(3-4)7(11)8(12)10-6;1-2/h1-3H,(H,10,11,12);1-2H3. The van der Waals surface area contributed by atoms with E-state index < -0.39 is 17.5 Å². The highest BCUT2D eigenvalue weighted by Gasteiger charge is 2.27. The maximum atomic E-state index is 12.6. The SMILES string of the molecule is CC.O=C1Nc2ccc(F)cc2C1=O. The molecule has 1 aromatic carbocycles. The van der Waals surface area contributed by atoms with E-state index >= 15 is 0 Å². The van der Waals surface area contributed by atoms with Crippen molar-refractivity contribution >= 4 is 17.4 Å². The largest absolute Gasteiger partial charge is 0.318 e. The van der Waals surface area contributed by atoms with E-state index in [0.717, 1.165) is 6.07 Å². The molecule has 0 saturated heterocycles. The summed E-state index contributed by atoms with van der Waals surface area (Å²) >= 11 is 0. The fraction of sp³-hybridized carbons (Fsp3) is 0.200. The first-order valence-corrected chi connectivity index (χ1v) is 4.34. The second kappa shape index (κ2) is 4.00. The number of amides is 1. The molecule has 0 aromatic heterocycles. The lowest BCUT2D eigenvalue weighted by Crippen LogP contribution is -2.12. The number of rotatable bonds is 0. The number of nitrogens with one attached hydrogen (secondary N) is 1. The molecule has 1 N–H and O–H groups in total. The van der Waals surface area contributed by atoms with Gasteiger partial charge in [-0.3, -0.25) is 9.59 Å². The minimum atomic E-state index is -0.699. The summed E-state index contributed by atoms with van der Waals surface area (Å²) in [6.45, 7) is 4.00. The van der Waals surface area contributed by atoms with Crippen molar-refractivity contribution in [2.24, 2.45) is 0 Å². The van der Waals surface area contributed by atoms with Crippen LogP contribution in [-0.4, -0.2) is 11.7 Å². The van der Waals surface area contributed by atoms with Crippen LogP contribution in [0.5, 0.6) is 0 Å². The lowest BCUT2D eigenvalue weighted by atomic mass is 10.1. The molecule has 1 amide bonds. The van der Waals surface area contributed by atoms with Gasteiger partial charge in [0.2, 0.25) is 0 Å². The molecule has 0 spiro atoms. The van der Waals surface area contributed by atoms with Crippen LogP contribution in [-0.2, 0) is 4.79 Å². The summed E-state index contributed by atoms with van der Waals surface area (Å²) in [7, 11) is 0. The Labute approximate surface area is 80.9 Å². The quantitative estimate of drug-likeness (QED) is 0.643. The molecular formula is C10H10FNO2. The maximum absolute atomic E-state index is 12.6. The average molecular weight is 195 g/mol. The fourth-order valence-electron chi connectivity index (χ4n) is 1.11. The van der Waals surface area contributed by atoms with Gasteiger partial charge in [-0.25, -0.2) is 4.39 Å². The molecule has 0 saturated carbocycles. The molecule has 0 radical (unpaired) electrons. The van der Waals surface area contributed by atoms with Gasteiger partial charge in [0.1, 0.15) is 5.82 Å². The molecule has 74 valence electrons. The van der Waals surface area contributed by atoms with Crippen LogP contribution in [0.2, 0.25) is 0 Å². The van der Waals surface area contributed by atoms with Crippen LogP contribution >= 0.6 is 0 Å². The van der Waals surface area contributed by atoms with Gasteiger partial charge in [0, 0.05) is 0 Å². The van der Waals surface area contributed by atoms with E-state index in [4.69, 9.17) is 0 Å². The summed E-state index contributed by atoms with van der Waals surface area (Å²) in [4.78, 5) is 21.7. The molecule has 0 bridgehead atoms. The van der Waals surface area contributed by atoms with Crippen molar-refractivity contribution in [3.05, 3.63) is 29.6 Å². The van der Waals surface area contributed by atoms with Crippen LogP contribution in [0, 0.1) is 5.82 Å². The topological polar surface area (TPSA) is 46.2 Å². The molecule has 4 heteroatoms. The number of Topliss-reactive ketones (excluding diaryl/α,β-unsaturated/α-hetero) is 1. The number of fused-ring (bicyclic) bond motifs is 1. The number of ketones is 1. The smallest absolute Gasteiger partial charge is 0.296 e. The maximum Gasteiger partial charge on any atom is 0.296 e. The number of benzene rings is 1. The molecule has 0 atom stereocenters. The highest BCUT2D eigenvalue weighted by molar-refractivity contribution is 6.51. The number of hydrogen-bond donors (Lipinski definition) is 1. The number of hydrogen-bond acceptors (Lipinski definition) is 2. The van der Waals surface area contributed by atoms with Gasteiger partial charge < -0.3 is 5.32 Å². The second-order valence-corrected chi connectivity index (χ2v) is 2.47. The summed E-state index contributed by atoms with van der Waals surface area (Å²) in [5.74, 6) is -1.89. The Kier molecular flexibility index (Phi) is 2.96. The first-order chi connectivity index (χ1) is 6.68. The third-order valence-corrected chi connectivity index (χ3v) is 1.68. The van der Waals surface area contributed by atoms with Crippen LogP contribution in [0.25, 0.3) is 0 Å². The Balaban J connectivity index is 0.000000461. The predicted molar refractivity (Wildman–Crippen MR) is 50.7 cm³/mol. The van der Waals surface area contributed by atoms with Crippen molar-refractivity contribution in [3.8, 4) is 0 Å². The van der Waals surface area contributed by atoms with Gasteiger partial charge >= 0.3 is 0 Å². The van der Waals surface area contributed by atoms with Gasteiger partial charge in [0.15, 0.2) is 0 Å². The highest BCUT2D eigenvalue weighted by atomic mass is 19.1. The van der Waals surface area contributed by atoms with Crippen molar-refractivity contribution in [1.82, 2.24) is 0 Å². The molecule has 3 nitrogen and oxygen atoms in total. The average Bonchev–Trinajstić information content (AvgIpc) is 2.48. The van der Waals surface area contributed by atoms with Crippen LogP contribution < -0.4 is 5.32 Å². The van der Waals surface area contributed by atoms with Crippen LogP contribution in [0.4, 0.5) is 10.1 Å². The lowest BCUT2D eigenvalue weighted by Gasteiger charge is -1.94. The van der Waals surface area contributed by atoms with Gasteiger partial charge in [0.25, 0.3) is 11.7 Å². The van der Waals surface area contributed by atoms with Crippen molar-refractivity contribution < 1.29 is 14.0 Å². The van der Waals surface area contributed by atoms with Crippen LogP contribution in [0.3, 0.4) is 0 Å². The summed E-state index contributed by atoms with van der Waals surface area (Å²) < 4.78 is 12.6. The number of halogens is 1. The number of anilines is 1. The first-order valence-electron chi connectivity index (χ1n) is 4.34. The minimum Gasteiger partial charge on any atom is -0.318 e. The summed E-state index contributed by atoms with van der Waals surface area (Å²) in [6.07, 6.45) is 0. The summed E-state index contributed by atoms with van der Waals surface area (Å²) in [5, 5.41) is 2.32. The zero-order chi connectivity index (χ0) is 10.7. The molecule has 0 fully saturated rings. The van der Waals surface area contributed by atoms with Crippen molar-refractivity contribution in [2.45, 2.75) is 13.8 Å². The van der Waals surface area contributed by atoms with E-state index in [-0.39, 0.29) is 5.56 Å². The van der Waals surface area contributed by atoms with E-state index in [9.17, 15) is 14.0 Å². The molecular weight excluding hydrogens is 185 g/mol. The van der Waals surface area contributed by atoms with E-state index in [0.29, 0.717) is 5.69 Å². The summed E-state index contributed by atoms with van der Waals surface area (Å²) in [5.41, 5.74) is 0.492. The molecule has 1 heterocycles. The Morgan fingerprint density at radius 2 is 1.86 bits per heavy atom. The van der Waals surface area contributed by atoms with Crippen molar-refractivity contribution in [3.63, 3.8) is 0 Å². The van der Waals surface area contributed by atoms with Crippen molar-refractivity contribution in [1.29, 1.82) is 0 Å². The predicted octanol–water partition coefficient (Wildman–Crippen LogP) is 1.99. The first kappa shape index (κ1) is 10.4. The Morgan fingerprint density at radius 3 is 2.50 bits per heavy atom. The van der Waals surface area contributed by atoms with E-state index in [1.54, 1.807) is 0 Å². The molecule has 1 aromatic rings. The zero-order valence-corrected chi connectivity index (χ0v) is 7.93. The molecule has 14 heavy (non-hydrogen) atoms. The van der Waals surface area contributed by atoms with Gasteiger partial charge in [0.05, 0.1) is 11.3 Å². The van der Waals surface area contributed by atoms with Crippen molar-refractivity contribution in [2.75, 3.05) is 5.32 Å². The van der Waals surface area contributed by atoms with Gasteiger partial charge in [-0.15, -0.1) is 0 Å². The Hall–Kier alpha value is -1.71. The summed E-state index contributed by atoms with van der Waals surface area (Å²) in [6, 6.07) is 3.61. The minimum absolute atomic E-state index is 0.111.